The van der Waals surface area contributed by atoms with Crippen LogP contribution in [0, 0.1) is 5.92 Å². The summed E-state index contributed by atoms with van der Waals surface area (Å²) >= 11 is 13.9. The average molecular weight is 401 g/mol. The van der Waals surface area contributed by atoms with Crippen molar-refractivity contribution in [3.8, 4) is 0 Å². The number of piperidine rings is 1. The Morgan fingerprint density at radius 1 is 1.12 bits per heavy atom. The Balaban J connectivity index is 1.75. The Kier molecular flexibility index (Phi) is 5.57. The number of carbonyl (C=O) groups is 2. The normalized spacial score (nSPS) is 19.7. The van der Waals surface area contributed by atoms with Gasteiger partial charge in [-0.15, -0.1) is 11.8 Å². The molecule has 136 valence electrons. The molecule has 1 aromatic rings. The van der Waals surface area contributed by atoms with Crippen LogP contribution in [0.1, 0.15) is 37.0 Å². The van der Waals surface area contributed by atoms with Crippen molar-refractivity contribution in [2.75, 3.05) is 25.4 Å². The third-order valence-electron chi connectivity index (χ3n) is 4.94. The van der Waals surface area contributed by atoms with Crippen LogP contribution in [0.5, 0.6) is 0 Å². The lowest BCUT2D eigenvalue weighted by molar-refractivity contribution is -0.136. The van der Waals surface area contributed by atoms with Gasteiger partial charge < -0.3 is 9.80 Å². The number of nitrogens with zero attached hydrogens (tertiary/aromatic N) is 2. The molecule has 3 rings (SSSR count). The molecular formula is C18H22Cl2N2O2S. The highest BCUT2D eigenvalue weighted by atomic mass is 35.5. The molecular weight excluding hydrogens is 379 g/mol. The summed E-state index contributed by atoms with van der Waals surface area (Å²) in [4.78, 5) is 28.9. The molecule has 0 aliphatic carbocycles. The highest BCUT2D eigenvalue weighted by Gasteiger charge is 2.47. The van der Waals surface area contributed by atoms with E-state index in [9.17, 15) is 9.59 Å². The van der Waals surface area contributed by atoms with Crippen LogP contribution in [-0.2, 0) is 4.79 Å². The van der Waals surface area contributed by atoms with Gasteiger partial charge >= 0.3 is 0 Å². The molecule has 2 aliphatic rings. The maximum absolute atomic E-state index is 13.0. The van der Waals surface area contributed by atoms with Crippen LogP contribution in [0.15, 0.2) is 18.2 Å². The first-order valence-corrected chi connectivity index (χ1v) is 10.3. The lowest BCUT2D eigenvalue weighted by atomic mass is 9.99. The van der Waals surface area contributed by atoms with Gasteiger partial charge in [0.25, 0.3) is 5.91 Å². The van der Waals surface area contributed by atoms with E-state index in [-0.39, 0.29) is 22.6 Å². The first-order valence-electron chi connectivity index (χ1n) is 8.54. The molecule has 0 radical (unpaired) electrons. The molecule has 2 amide bonds. The van der Waals surface area contributed by atoms with Gasteiger partial charge in [-0.3, -0.25) is 9.59 Å². The van der Waals surface area contributed by atoms with Gasteiger partial charge in [-0.2, -0.15) is 0 Å². The summed E-state index contributed by atoms with van der Waals surface area (Å²) in [6, 6.07) is 5.03. The molecule has 2 heterocycles. The molecule has 1 spiro atoms. The second-order valence-corrected chi connectivity index (χ2v) is 9.13. The van der Waals surface area contributed by atoms with Gasteiger partial charge in [0, 0.05) is 36.9 Å². The topological polar surface area (TPSA) is 40.6 Å². The summed E-state index contributed by atoms with van der Waals surface area (Å²) < 4.78 is 0. The minimum absolute atomic E-state index is 0.00722. The molecule has 0 bridgehead atoms. The first-order chi connectivity index (χ1) is 11.8. The van der Waals surface area contributed by atoms with Crippen LogP contribution in [0.25, 0.3) is 0 Å². The summed E-state index contributed by atoms with van der Waals surface area (Å²) in [6.07, 6.45) is 1.62. The van der Waals surface area contributed by atoms with Gasteiger partial charge in [-0.05, 0) is 31.0 Å². The summed E-state index contributed by atoms with van der Waals surface area (Å²) in [7, 11) is 0. The maximum atomic E-state index is 13.0. The molecule has 7 heteroatoms. The zero-order valence-electron chi connectivity index (χ0n) is 14.4. The number of thioether (sulfide) groups is 1. The number of benzene rings is 1. The lowest BCUT2D eigenvalue weighted by Gasteiger charge is -2.44. The van der Waals surface area contributed by atoms with E-state index in [0.717, 1.165) is 25.1 Å². The van der Waals surface area contributed by atoms with Crippen molar-refractivity contribution in [2.24, 2.45) is 5.92 Å². The van der Waals surface area contributed by atoms with E-state index in [1.165, 1.54) is 0 Å². The predicted octanol–water partition coefficient (Wildman–Crippen LogP) is 4.16. The van der Waals surface area contributed by atoms with Crippen molar-refractivity contribution in [3.05, 3.63) is 33.8 Å². The number of halogens is 2. The number of hydrogen-bond acceptors (Lipinski definition) is 3. The summed E-state index contributed by atoms with van der Waals surface area (Å²) in [6.45, 7) is 5.99. The van der Waals surface area contributed by atoms with Crippen molar-refractivity contribution in [3.63, 3.8) is 0 Å². The summed E-state index contributed by atoms with van der Waals surface area (Å²) in [5.41, 5.74) is 0.567. The molecule has 2 aliphatic heterocycles. The number of likely N-dealkylation sites (tertiary alicyclic amines) is 1. The van der Waals surface area contributed by atoms with E-state index in [1.54, 1.807) is 18.2 Å². The zero-order chi connectivity index (χ0) is 18.2. The van der Waals surface area contributed by atoms with E-state index >= 15 is 0 Å². The second kappa shape index (κ2) is 7.37. The van der Waals surface area contributed by atoms with E-state index in [0.29, 0.717) is 28.7 Å². The largest absolute Gasteiger partial charge is 0.342 e. The standard InChI is InChI=1S/C18H22Cl2N2O2S/c1-12(2)16(23)21-7-5-18(6-8-21)22(9-10-25-18)17(24)13-3-4-14(19)15(20)11-13/h3-4,11-12H,5-10H2,1-2H3. The Morgan fingerprint density at radius 2 is 1.80 bits per heavy atom. The fourth-order valence-corrected chi connectivity index (χ4v) is 5.29. The fourth-order valence-electron chi connectivity index (χ4n) is 3.54. The Labute approximate surface area is 162 Å². The van der Waals surface area contributed by atoms with Crippen molar-refractivity contribution in [1.82, 2.24) is 9.80 Å². The fraction of sp³-hybridized carbons (Fsp3) is 0.556. The number of rotatable bonds is 2. The second-order valence-electron chi connectivity index (χ2n) is 6.86. The van der Waals surface area contributed by atoms with Gasteiger partial charge in [0.15, 0.2) is 0 Å². The number of carbonyl (C=O) groups excluding carboxylic acids is 2. The van der Waals surface area contributed by atoms with Crippen molar-refractivity contribution in [2.45, 2.75) is 31.6 Å². The summed E-state index contributed by atoms with van der Waals surface area (Å²) in [5.74, 6) is 1.12. The maximum Gasteiger partial charge on any atom is 0.255 e. The van der Waals surface area contributed by atoms with Crippen LogP contribution < -0.4 is 0 Å². The molecule has 0 saturated carbocycles. The van der Waals surface area contributed by atoms with Gasteiger partial charge in [-0.1, -0.05) is 37.0 Å². The van der Waals surface area contributed by atoms with Crippen LogP contribution in [-0.4, -0.2) is 51.9 Å². The predicted molar refractivity (Wildman–Crippen MR) is 103 cm³/mol. The number of hydrogen-bond donors (Lipinski definition) is 0. The van der Waals surface area contributed by atoms with Crippen LogP contribution in [0.3, 0.4) is 0 Å². The van der Waals surface area contributed by atoms with Crippen LogP contribution in [0.4, 0.5) is 0 Å². The Hall–Kier alpha value is -0.910. The quantitative estimate of drug-likeness (QED) is 0.747. The van der Waals surface area contributed by atoms with E-state index < -0.39 is 0 Å². The highest BCUT2D eigenvalue weighted by molar-refractivity contribution is 8.00. The van der Waals surface area contributed by atoms with Gasteiger partial charge in [-0.25, -0.2) is 0 Å². The van der Waals surface area contributed by atoms with Crippen molar-refractivity contribution in [1.29, 1.82) is 0 Å². The Morgan fingerprint density at radius 3 is 2.40 bits per heavy atom. The highest BCUT2D eigenvalue weighted by Crippen LogP contribution is 2.44. The SMILES string of the molecule is CC(C)C(=O)N1CCC2(CC1)SCCN2C(=O)c1ccc(Cl)c(Cl)c1. The van der Waals surface area contributed by atoms with Crippen molar-refractivity contribution < 1.29 is 9.59 Å². The first kappa shape index (κ1) is 18.9. The molecule has 1 aromatic carbocycles. The smallest absolute Gasteiger partial charge is 0.255 e. The molecule has 4 nitrogen and oxygen atoms in total. The van der Waals surface area contributed by atoms with Gasteiger partial charge in [0.05, 0.1) is 14.9 Å². The minimum atomic E-state index is -0.211. The average Bonchev–Trinajstić information content (AvgIpc) is 2.99. The number of amides is 2. The molecule has 25 heavy (non-hydrogen) atoms. The molecule has 0 aromatic heterocycles. The third kappa shape index (κ3) is 3.64. The molecule has 2 saturated heterocycles. The van der Waals surface area contributed by atoms with Crippen molar-refractivity contribution >= 4 is 46.8 Å². The zero-order valence-corrected chi connectivity index (χ0v) is 16.8. The molecule has 0 atom stereocenters. The minimum Gasteiger partial charge on any atom is -0.342 e. The van der Waals surface area contributed by atoms with E-state index in [1.807, 2.05) is 35.4 Å². The van der Waals surface area contributed by atoms with E-state index in [4.69, 9.17) is 23.2 Å². The van der Waals surface area contributed by atoms with E-state index in [2.05, 4.69) is 0 Å². The lowest BCUT2D eigenvalue weighted by Crippen LogP contribution is -2.54. The van der Waals surface area contributed by atoms with Crippen LogP contribution >= 0.6 is 35.0 Å². The van der Waals surface area contributed by atoms with Gasteiger partial charge in [0.1, 0.15) is 0 Å². The van der Waals surface area contributed by atoms with Crippen LogP contribution in [0.2, 0.25) is 10.0 Å². The third-order valence-corrected chi connectivity index (χ3v) is 7.23. The van der Waals surface area contributed by atoms with Gasteiger partial charge in [0.2, 0.25) is 5.91 Å². The summed E-state index contributed by atoms with van der Waals surface area (Å²) in [5, 5.41) is 0.843. The monoisotopic (exact) mass is 400 g/mol. The molecule has 2 fully saturated rings. The molecule has 0 unspecified atom stereocenters. The Bertz CT molecular complexity index is 688. The molecule has 0 N–H and O–H groups in total.